The minimum atomic E-state index is -3.59. The molecule has 1 fully saturated rings. The van der Waals surface area contributed by atoms with Crippen molar-refractivity contribution < 1.29 is 13.5 Å². The van der Waals surface area contributed by atoms with Gasteiger partial charge in [0.25, 0.3) is 0 Å². The van der Waals surface area contributed by atoms with Crippen molar-refractivity contribution in [3.63, 3.8) is 0 Å². The highest BCUT2D eigenvalue weighted by Crippen LogP contribution is 2.25. The zero-order chi connectivity index (χ0) is 14.8. The number of hydrogen-bond acceptors (Lipinski definition) is 4. The molecule has 0 amide bonds. The Balaban J connectivity index is 2.01. The van der Waals surface area contributed by atoms with Crippen LogP contribution in [0, 0.1) is 5.92 Å². The summed E-state index contributed by atoms with van der Waals surface area (Å²) in [5, 5.41) is 9.92. The maximum absolute atomic E-state index is 12.1. The van der Waals surface area contributed by atoms with Gasteiger partial charge in [0.1, 0.15) is 0 Å². The molecule has 0 spiro atoms. The number of nitrogens with one attached hydrogen (secondary N) is 1. The number of nitrogens with two attached hydrogens (primary N) is 1. The first kappa shape index (κ1) is 15.6. The minimum Gasteiger partial charge on any atom is -0.397 e. The summed E-state index contributed by atoms with van der Waals surface area (Å²) < 4.78 is 26.9. The normalized spacial score (nSPS) is 23.7. The Kier molecular flexibility index (Phi) is 4.90. The van der Waals surface area contributed by atoms with Crippen molar-refractivity contribution in [3.8, 4) is 0 Å². The van der Waals surface area contributed by atoms with Gasteiger partial charge in [0.2, 0.25) is 10.0 Å². The predicted octanol–water partition coefficient (Wildman–Crippen LogP) is 1.75. The average Bonchev–Trinajstić information content (AvgIpc) is 2.40. The van der Waals surface area contributed by atoms with E-state index in [2.05, 4.69) is 4.72 Å². The summed E-state index contributed by atoms with van der Waals surface area (Å²) in [6.07, 6.45) is 3.00. The van der Waals surface area contributed by atoms with E-state index in [1.807, 2.05) is 0 Å². The summed E-state index contributed by atoms with van der Waals surface area (Å²) in [7, 11) is -3.59. The predicted molar refractivity (Wildman–Crippen MR) is 79.0 cm³/mol. The lowest BCUT2D eigenvalue weighted by Gasteiger charge is -2.25. The summed E-state index contributed by atoms with van der Waals surface area (Å²) in [5.74, 6) is 0.179. The third kappa shape index (κ3) is 3.85. The molecule has 1 saturated carbocycles. The van der Waals surface area contributed by atoms with Crippen LogP contribution >= 0.6 is 11.6 Å². The second-order valence-electron chi connectivity index (χ2n) is 5.22. The summed E-state index contributed by atoms with van der Waals surface area (Å²) in [6.45, 7) is 0.335. The van der Waals surface area contributed by atoms with Gasteiger partial charge in [-0.05, 0) is 43.4 Å². The van der Waals surface area contributed by atoms with Gasteiger partial charge in [-0.2, -0.15) is 0 Å². The van der Waals surface area contributed by atoms with Crippen LogP contribution in [-0.4, -0.2) is 26.2 Å². The number of nitrogen functional groups attached to an aromatic ring is 1. The number of anilines is 1. The molecule has 0 aromatic heterocycles. The van der Waals surface area contributed by atoms with E-state index in [9.17, 15) is 13.5 Å². The molecule has 2 unspecified atom stereocenters. The topological polar surface area (TPSA) is 92.4 Å². The molecule has 1 aromatic rings. The molecule has 2 rings (SSSR count). The highest BCUT2D eigenvalue weighted by atomic mass is 35.5. The molecule has 0 saturated heterocycles. The standard InChI is InChI=1S/C13H19ClN2O3S/c14-12-5-4-11(7-13(12)15)20(18,19)16-8-9-2-1-3-10(17)6-9/h4-5,7,9-10,16-17H,1-3,6,8,15H2. The molecule has 4 N–H and O–H groups in total. The fourth-order valence-corrected chi connectivity index (χ4v) is 3.72. The van der Waals surface area contributed by atoms with Gasteiger partial charge in [0.15, 0.2) is 0 Å². The number of rotatable bonds is 4. The molecule has 0 bridgehead atoms. The maximum atomic E-state index is 12.1. The van der Waals surface area contributed by atoms with E-state index in [1.54, 1.807) is 0 Å². The third-order valence-corrected chi connectivity index (χ3v) is 5.36. The lowest BCUT2D eigenvalue weighted by atomic mass is 9.87. The Bertz CT molecular complexity index is 577. The number of hydrogen-bond donors (Lipinski definition) is 3. The van der Waals surface area contributed by atoms with E-state index in [0.717, 1.165) is 19.3 Å². The number of aliphatic hydroxyl groups excluding tert-OH is 1. The highest BCUT2D eigenvalue weighted by Gasteiger charge is 2.22. The number of sulfonamides is 1. The third-order valence-electron chi connectivity index (χ3n) is 3.59. The monoisotopic (exact) mass is 318 g/mol. The quantitative estimate of drug-likeness (QED) is 0.737. The van der Waals surface area contributed by atoms with Crippen LogP contribution in [0.4, 0.5) is 5.69 Å². The molecule has 0 radical (unpaired) electrons. The van der Waals surface area contributed by atoms with E-state index < -0.39 is 10.0 Å². The molecule has 2 atom stereocenters. The molecule has 0 aliphatic heterocycles. The van der Waals surface area contributed by atoms with Gasteiger partial charge in [-0.25, -0.2) is 13.1 Å². The second kappa shape index (κ2) is 6.30. The highest BCUT2D eigenvalue weighted by molar-refractivity contribution is 7.89. The van der Waals surface area contributed by atoms with Crippen molar-refractivity contribution in [2.24, 2.45) is 5.92 Å². The van der Waals surface area contributed by atoms with Crippen LogP contribution in [0.3, 0.4) is 0 Å². The molecule has 1 aromatic carbocycles. The number of halogens is 1. The van der Waals surface area contributed by atoms with Gasteiger partial charge in [-0.15, -0.1) is 0 Å². The SMILES string of the molecule is Nc1cc(S(=O)(=O)NCC2CCCC(O)C2)ccc1Cl. The first-order valence-corrected chi connectivity index (χ1v) is 8.47. The van der Waals surface area contributed by atoms with Gasteiger partial charge < -0.3 is 10.8 Å². The molecule has 1 aliphatic carbocycles. The van der Waals surface area contributed by atoms with Crippen molar-refractivity contribution in [2.45, 2.75) is 36.7 Å². The van der Waals surface area contributed by atoms with E-state index in [1.165, 1.54) is 18.2 Å². The van der Waals surface area contributed by atoms with Crippen LogP contribution in [0.15, 0.2) is 23.1 Å². The first-order valence-electron chi connectivity index (χ1n) is 6.61. The average molecular weight is 319 g/mol. The lowest BCUT2D eigenvalue weighted by Crippen LogP contribution is -2.33. The Labute approximate surface area is 124 Å². The molecule has 1 aliphatic rings. The summed E-state index contributed by atoms with van der Waals surface area (Å²) in [6, 6.07) is 4.24. The van der Waals surface area contributed by atoms with Crippen LogP contribution in [0.1, 0.15) is 25.7 Å². The van der Waals surface area contributed by atoms with Crippen LogP contribution < -0.4 is 10.5 Å². The van der Waals surface area contributed by atoms with E-state index >= 15 is 0 Å². The zero-order valence-corrected chi connectivity index (χ0v) is 12.6. The van der Waals surface area contributed by atoms with Crippen LogP contribution in [-0.2, 0) is 10.0 Å². The number of aliphatic hydroxyl groups is 1. The molecule has 20 heavy (non-hydrogen) atoms. The molecule has 7 heteroatoms. The van der Waals surface area contributed by atoms with E-state index in [-0.39, 0.29) is 22.6 Å². The van der Waals surface area contributed by atoms with Gasteiger partial charge >= 0.3 is 0 Å². The molecular formula is C13H19ClN2O3S. The van der Waals surface area contributed by atoms with E-state index in [0.29, 0.717) is 18.0 Å². The minimum absolute atomic E-state index is 0.107. The van der Waals surface area contributed by atoms with E-state index in [4.69, 9.17) is 17.3 Å². The first-order chi connectivity index (χ1) is 9.38. The largest absolute Gasteiger partial charge is 0.397 e. The fraction of sp³-hybridized carbons (Fsp3) is 0.538. The zero-order valence-electron chi connectivity index (χ0n) is 11.0. The lowest BCUT2D eigenvalue weighted by molar-refractivity contribution is 0.102. The second-order valence-corrected chi connectivity index (χ2v) is 7.40. The molecule has 5 nitrogen and oxygen atoms in total. The van der Waals surface area contributed by atoms with Gasteiger partial charge in [0, 0.05) is 6.54 Å². The van der Waals surface area contributed by atoms with Crippen molar-refractivity contribution in [2.75, 3.05) is 12.3 Å². The van der Waals surface area contributed by atoms with Crippen LogP contribution in [0.2, 0.25) is 5.02 Å². The van der Waals surface area contributed by atoms with Gasteiger partial charge in [0.05, 0.1) is 21.7 Å². The maximum Gasteiger partial charge on any atom is 0.240 e. The Morgan fingerprint density at radius 2 is 2.15 bits per heavy atom. The Morgan fingerprint density at radius 3 is 2.80 bits per heavy atom. The van der Waals surface area contributed by atoms with Crippen molar-refractivity contribution >= 4 is 27.3 Å². The fourth-order valence-electron chi connectivity index (χ4n) is 2.45. The van der Waals surface area contributed by atoms with Crippen molar-refractivity contribution in [3.05, 3.63) is 23.2 Å². The Morgan fingerprint density at radius 1 is 1.40 bits per heavy atom. The van der Waals surface area contributed by atoms with Gasteiger partial charge in [-0.1, -0.05) is 18.0 Å². The molecule has 0 heterocycles. The molecular weight excluding hydrogens is 300 g/mol. The van der Waals surface area contributed by atoms with Crippen molar-refractivity contribution in [1.82, 2.24) is 4.72 Å². The number of benzene rings is 1. The smallest absolute Gasteiger partial charge is 0.240 e. The summed E-state index contributed by atoms with van der Waals surface area (Å²) in [5.41, 5.74) is 5.86. The van der Waals surface area contributed by atoms with Gasteiger partial charge in [-0.3, -0.25) is 0 Å². The summed E-state index contributed by atoms with van der Waals surface area (Å²) in [4.78, 5) is 0.107. The van der Waals surface area contributed by atoms with Crippen LogP contribution in [0.5, 0.6) is 0 Å². The Hall–Kier alpha value is -0.820. The molecule has 112 valence electrons. The van der Waals surface area contributed by atoms with Crippen LogP contribution in [0.25, 0.3) is 0 Å². The van der Waals surface area contributed by atoms with Crippen molar-refractivity contribution in [1.29, 1.82) is 0 Å². The summed E-state index contributed by atoms with van der Waals surface area (Å²) >= 11 is 5.78.